The number of nitrogens with one attached hydrogen (secondary N) is 1. The monoisotopic (exact) mass is 417 g/mol. The first-order valence-corrected chi connectivity index (χ1v) is 10.7. The third-order valence-corrected chi connectivity index (χ3v) is 5.68. The lowest BCUT2D eigenvalue weighted by Crippen LogP contribution is -2.39. The summed E-state index contributed by atoms with van der Waals surface area (Å²) in [7, 11) is 3.01. The van der Waals surface area contributed by atoms with E-state index in [1.165, 1.54) is 14.2 Å². The second-order valence-electron chi connectivity index (χ2n) is 7.78. The maximum absolute atomic E-state index is 13.1. The number of methoxy groups -OCH3 is 2. The average molecular weight is 418 g/mol. The van der Waals surface area contributed by atoms with Gasteiger partial charge in [-0.3, -0.25) is 14.4 Å². The zero-order valence-electron chi connectivity index (χ0n) is 17.9. The first-order valence-electron chi connectivity index (χ1n) is 10.7. The molecule has 2 heterocycles. The minimum absolute atomic E-state index is 0.00512. The molecule has 8 heteroatoms. The molecular weight excluding hydrogens is 386 g/mol. The van der Waals surface area contributed by atoms with E-state index in [1.807, 2.05) is 0 Å². The van der Waals surface area contributed by atoms with E-state index in [-0.39, 0.29) is 24.3 Å². The van der Waals surface area contributed by atoms with E-state index >= 15 is 0 Å². The summed E-state index contributed by atoms with van der Waals surface area (Å²) in [5.74, 6) is 0.383. The molecule has 2 aliphatic heterocycles. The van der Waals surface area contributed by atoms with Crippen molar-refractivity contribution in [1.82, 2.24) is 9.80 Å². The fourth-order valence-corrected chi connectivity index (χ4v) is 4.00. The molecule has 0 aromatic heterocycles. The Morgan fingerprint density at radius 3 is 2.27 bits per heavy atom. The maximum Gasteiger partial charge on any atom is 0.256 e. The topological polar surface area (TPSA) is 88.2 Å². The molecule has 2 fully saturated rings. The van der Waals surface area contributed by atoms with E-state index in [2.05, 4.69) is 5.32 Å². The molecule has 3 rings (SSSR count). The van der Waals surface area contributed by atoms with Gasteiger partial charge in [-0.15, -0.1) is 0 Å². The molecule has 0 atom stereocenters. The highest BCUT2D eigenvalue weighted by Gasteiger charge is 2.26. The lowest BCUT2D eigenvalue weighted by Gasteiger charge is -2.25. The van der Waals surface area contributed by atoms with Crippen molar-refractivity contribution < 1.29 is 23.9 Å². The summed E-state index contributed by atoms with van der Waals surface area (Å²) >= 11 is 0. The first kappa shape index (κ1) is 21.9. The number of rotatable bonds is 6. The number of anilines is 1. The molecule has 0 radical (unpaired) electrons. The van der Waals surface area contributed by atoms with Crippen LogP contribution >= 0.6 is 0 Å². The van der Waals surface area contributed by atoms with Crippen molar-refractivity contribution in [2.45, 2.75) is 44.9 Å². The molecule has 1 aromatic rings. The van der Waals surface area contributed by atoms with Crippen molar-refractivity contribution in [3.05, 3.63) is 17.7 Å². The SMILES string of the molecule is COc1cc(NC(=O)CN2CCCCCCC2=O)c(C(=O)N2CCCC2)cc1OC. The molecule has 0 bridgehead atoms. The highest BCUT2D eigenvalue weighted by atomic mass is 16.5. The summed E-state index contributed by atoms with van der Waals surface area (Å²) in [6, 6.07) is 3.21. The van der Waals surface area contributed by atoms with Gasteiger partial charge in [-0.05, 0) is 31.7 Å². The van der Waals surface area contributed by atoms with Crippen molar-refractivity contribution in [3.63, 3.8) is 0 Å². The van der Waals surface area contributed by atoms with Crippen molar-refractivity contribution in [1.29, 1.82) is 0 Å². The molecule has 2 saturated heterocycles. The highest BCUT2D eigenvalue weighted by molar-refractivity contribution is 6.05. The number of ether oxygens (including phenoxy) is 2. The molecule has 0 spiro atoms. The minimum Gasteiger partial charge on any atom is -0.493 e. The van der Waals surface area contributed by atoms with Gasteiger partial charge in [0.1, 0.15) is 0 Å². The Morgan fingerprint density at radius 2 is 1.57 bits per heavy atom. The Bertz CT molecular complexity index is 789. The van der Waals surface area contributed by atoms with Crippen LogP contribution in [-0.2, 0) is 9.59 Å². The predicted molar refractivity (Wildman–Crippen MR) is 113 cm³/mol. The van der Waals surface area contributed by atoms with Crippen LogP contribution in [0.1, 0.15) is 55.3 Å². The van der Waals surface area contributed by atoms with Crippen LogP contribution in [0, 0.1) is 0 Å². The van der Waals surface area contributed by atoms with Crippen molar-refractivity contribution in [2.75, 3.05) is 45.7 Å². The number of amides is 3. The molecule has 0 saturated carbocycles. The van der Waals surface area contributed by atoms with Crippen molar-refractivity contribution >= 4 is 23.4 Å². The molecule has 0 aliphatic carbocycles. The fraction of sp³-hybridized carbons (Fsp3) is 0.591. The smallest absolute Gasteiger partial charge is 0.256 e. The highest BCUT2D eigenvalue weighted by Crippen LogP contribution is 2.34. The third-order valence-electron chi connectivity index (χ3n) is 5.68. The molecule has 8 nitrogen and oxygen atoms in total. The Labute approximate surface area is 177 Å². The van der Waals surface area contributed by atoms with E-state index in [0.29, 0.717) is 48.8 Å². The van der Waals surface area contributed by atoms with Gasteiger partial charge in [0.15, 0.2) is 11.5 Å². The van der Waals surface area contributed by atoms with Crippen LogP contribution in [0.3, 0.4) is 0 Å². The van der Waals surface area contributed by atoms with Crippen LogP contribution in [0.2, 0.25) is 0 Å². The van der Waals surface area contributed by atoms with E-state index in [1.54, 1.807) is 21.9 Å². The van der Waals surface area contributed by atoms with E-state index in [4.69, 9.17) is 9.47 Å². The van der Waals surface area contributed by atoms with E-state index < -0.39 is 0 Å². The Balaban J connectivity index is 1.81. The zero-order chi connectivity index (χ0) is 21.5. The molecule has 0 unspecified atom stereocenters. The molecule has 164 valence electrons. The van der Waals surface area contributed by atoms with Crippen LogP contribution in [0.4, 0.5) is 5.69 Å². The second-order valence-corrected chi connectivity index (χ2v) is 7.78. The lowest BCUT2D eigenvalue weighted by molar-refractivity contribution is -0.135. The largest absolute Gasteiger partial charge is 0.493 e. The first-order chi connectivity index (χ1) is 14.5. The van der Waals surface area contributed by atoms with Crippen LogP contribution in [0.25, 0.3) is 0 Å². The fourth-order valence-electron chi connectivity index (χ4n) is 4.00. The second kappa shape index (κ2) is 10.3. The Kier molecular flexibility index (Phi) is 7.54. The lowest BCUT2D eigenvalue weighted by atomic mass is 10.1. The molecular formula is C22H31N3O5. The molecule has 1 aromatic carbocycles. The number of nitrogens with zero attached hydrogens (tertiary/aromatic N) is 2. The normalized spacial score (nSPS) is 17.3. The molecule has 3 amide bonds. The van der Waals surface area contributed by atoms with Gasteiger partial charge in [0, 0.05) is 32.1 Å². The van der Waals surface area contributed by atoms with Crippen LogP contribution in [-0.4, -0.2) is 67.9 Å². The third kappa shape index (κ3) is 5.23. The van der Waals surface area contributed by atoms with Gasteiger partial charge in [0.05, 0.1) is 32.0 Å². The number of likely N-dealkylation sites (tertiary alicyclic amines) is 2. The zero-order valence-corrected chi connectivity index (χ0v) is 17.9. The van der Waals surface area contributed by atoms with Gasteiger partial charge in [0.25, 0.3) is 5.91 Å². The number of hydrogen-bond donors (Lipinski definition) is 1. The summed E-state index contributed by atoms with van der Waals surface area (Å²) in [5.41, 5.74) is 0.732. The minimum atomic E-state index is -0.327. The molecule has 2 aliphatic rings. The van der Waals surface area contributed by atoms with E-state index in [9.17, 15) is 14.4 Å². The Morgan fingerprint density at radius 1 is 0.933 bits per heavy atom. The Hall–Kier alpha value is -2.77. The van der Waals surface area contributed by atoms with Crippen LogP contribution < -0.4 is 14.8 Å². The number of carbonyl (C=O) groups excluding carboxylic acids is 3. The number of benzene rings is 1. The van der Waals surface area contributed by atoms with Gasteiger partial charge >= 0.3 is 0 Å². The van der Waals surface area contributed by atoms with Crippen LogP contribution in [0.15, 0.2) is 12.1 Å². The molecule has 1 N–H and O–H groups in total. The van der Waals surface area contributed by atoms with E-state index in [0.717, 1.165) is 38.5 Å². The van der Waals surface area contributed by atoms with Crippen LogP contribution in [0.5, 0.6) is 11.5 Å². The summed E-state index contributed by atoms with van der Waals surface area (Å²) in [6.07, 6.45) is 6.29. The average Bonchev–Trinajstić information content (AvgIpc) is 3.27. The summed E-state index contributed by atoms with van der Waals surface area (Å²) in [6.45, 7) is 1.95. The van der Waals surface area contributed by atoms with Crippen molar-refractivity contribution in [2.24, 2.45) is 0 Å². The van der Waals surface area contributed by atoms with Gasteiger partial charge in [-0.25, -0.2) is 0 Å². The number of carbonyl (C=O) groups is 3. The van der Waals surface area contributed by atoms with Gasteiger partial charge < -0.3 is 24.6 Å². The standard InChI is InChI=1S/C22H31N3O5/c1-29-18-13-16(22(28)24-10-7-8-11-24)17(14-19(18)30-2)23-20(26)15-25-12-6-4-3-5-9-21(25)27/h13-14H,3-12,15H2,1-2H3,(H,23,26). The summed E-state index contributed by atoms with van der Waals surface area (Å²) in [5, 5.41) is 2.83. The quantitative estimate of drug-likeness (QED) is 0.769. The van der Waals surface area contributed by atoms with Gasteiger partial charge in [-0.1, -0.05) is 12.8 Å². The summed E-state index contributed by atoms with van der Waals surface area (Å²) < 4.78 is 10.7. The number of hydrogen-bond acceptors (Lipinski definition) is 5. The maximum atomic E-state index is 13.1. The summed E-state index contributed by atoms with van der Waals surface area (Å²) in [4.78, 5) is 41.6. The molecule has 30 heavy (non-hydrogen) atoms. The van der Waals surface area contributed by atoms with Gasteiger partial charge in [-0.2, -0.15) is 0 Å². The predicted octanol–water partition coefficient (Wildman–Crippen LogP) is 2.67. The van der Waals surface area contributed by atoms with Crippen molar-refractivity contribution in [3.8, 4) is 11.5 Å². The van der Waals surface area contributed by atoms with Gasteiger partial charge in [0.2, 0.25) is 11.8 Å².